The molecule has 1 amide bonds. The van der Waals surface area contributed by atoms with E-state index in [1.807, 2.05) is 22.8 Å². The van der Waals surface area contributed by atoms with Crippen molar-refractivity contribution >= 4 is 51.7 Å². The predicted octanol–water partition coefficient (Wildman–Crippen LogP) is 4.72. The lowest BCUT2D eigenvalue weighted by Crippen LogP contribution is -2.15. The molecule has 2 aromatic heterocycles. The van der Waals surface area contributed by atoms with Crippen LogP contribution in [0.3, 0.4) is 0 Å². The van der Waals surface area contributed by atoms with E-state index >= 15 is 0 Å². The second-order valence-electron chi connectivity index (χ2n) is 6.51. The number of nitrogens with zero attached hydrogens (tertiary/aromatic N) is 4. The predicted molar refractivity (Wildman–Crippen MR) is 123 cm³/mol. The van der Waals surface area contributed by atoms with Crippen LogP contribution in [0.4, 0.5) is 11.4 Å². The first-order valence-corrected chi connectivity index (χ1v) is 10.7. The van der Waals surface area contributed by atoms with Crippen molar-refractivity contribution in [2.75, 3.05) is 18.2 Å². The van der Waals surface area contributed by atoms with Crippen LogP contribution in [0, 0.1) is 10.1 Å². The summed E-state index contributed by atoms with van der Waals surface area (Å²) in [6, 6.07) is 15.1. The van der Waals surface area contributed by atoms with Crippen LogP contribution < -0.4 is 10.1 Å². The van der Waals surface area contributed by atoms with Crippen LogP contribution in [0.25, 0.3) is 16.7 Å². The largest absolute Gasteiger partial charge is 0.495 e. The maximum atomic E-state index is 12.5. The molecule has 11 heteroatoms. The molecule has 0 fully saturated rings. The Morgan fingerprint density at radius 2 is 2.06 bits per heavy atom. The van der Waals surface area contributed by atoms with Gasteiger partial charge in [0.25, 0.3) is 5.69 Å². The van der Waals surface area contributed by atoms with Crippen LogP contribution in [-0.2, 0) is 4.79 Å². The Morgan fingerprint density at radius 1 is 1.25 bits per heavy atom. The number of aromatic nitrogens is 3. The summed E-state index contributed by atoms with van der Waals surface area (Å²) in [5, 5.41) is 14.6. The molecular formula is C21H16ClN5O4S. The monoisotopic (exact) mass is 469 g/mol. The zero-order chi connectivity index (χ0) is 22.7. The number of non-ortho nitro benzene ring substituents is 1. The summed E-state index contributed by atoms with van der Waals surface area (Å²) in [5.74, 6) is 0.333. The van der Waals surface area contributed by atoms with E-state index in [2.05, 4.69) is 15.3 Å². The zero-order valence-corrected chi connectivity index (χ0v) is 18.3. The van der Waals surface area contributed by atoms with Gasteiger partial charge in [0.2, 0.25) is 5.91 Å². The fourth-order valence-electron chi connectivity index (χ4n) is 3.10. The molecule has 32 heavy (non-hydrogen) atoms. The van der Waals surface area contributed by atoms with E-state index in [-0.39, 0.29) is 22.5 Å². The number of anilines is 1. The minimum Gasteiger partial charge on any atom is -0.495 e. The van der Waals surface area contributed by atoms with Crippen molar-refractivity contribution in [3.8, 4) is 11.4 Å². The van der Waals surface area contributed by atoms with E-state index < -0.39 is 4.92 Å². The zero-order valence-electron chi connectivity index (χ0n) is 16.7. The fraction of sp³-hybridized carbons (Fsp3) is 0.0952. The van der Waals surface area contributed by atoms with Crippen LogP contribution >= 0.6 is 23.4 Å². The number of hydrogen-bond donors (Lipinski definition) is 1. The Balaban J connectivity index is 1.70. The quantitative estimate of drug-likeness (QED) is 0.180. The average molecular weight is 470 g/mol. The number of rotatable bonds is 7. The lowest BCUT2D eigenvalue weighted by atomic mass is 10.2. The van der Waals surface area contributed by atoms with Gasteiger partial charge < -0.3 is 10.1 Å². The molecule has 1 N–H and O–H groups in total. The molecule has 2 heterocycles. The Morgan fingerprint density at radius 3 is 2.81 bits per heavy atom. The normalized spacial score (nSPS) is 10.8. The van der Waals surface area contributed by atoms with Crippen molar-refractivity contribution < 1.29 is 14.5 Å². The second-order valence-corrected chi connectivity index (χ2v) is 7.81. The SMILES string of the molecule is COc1ccccc1-n1c(SCC(=O)Nc2cccnc2Cl)nc2cc([N+](=O)[O-])ccc21. The first-order chi connectivity index (χ1) is 15.5. The van der Waals surface area contributed by atoms with E-state index in [9.17, 15) is 14.9 Å². The molecule has 9 nitrogen and oxygen atoms in total. The summed E-state index contributed by atoms with van der Waals surface area (Å²) in [5.41, 5.74) is 2.13. The molecule has 4 rings (SSSR count). The van der Waals surface area contributed by atoms with Crippen LogP contribution in [0.5, 0.6) is 5.75 Å². The van der Waals surface area contributed by atoms with Crippen LogP contribution in [0.1, 0.15) is 0 Å². The summed E-state index contributed by atoms with van der Waals surface area (Å²) in [4.78, 5) is 31.7. The van der Waals surface area contributed by atoms with Gasteiger partial charge in [-0.05, 0) is 30.3 Å². The minimum absolute atomic E-state index is 0.0335. The van der Waals surface area contributed by atoms with Crippen molar-refractivity contribution in [2.24, 2.45) is 0 Å². The maximum absolute atomic E-state index is 12.5. The average Bonchev–Trinajstić information content (AvgIpc) is 3.16. The Labute approximate surface area is 191 Å². The highest BCUT2D eigenvalue weighted by Crippen LogP contribution is 2.34. The van der Waals surface area contributed by atoms with Gasteiger partial charge in [0.15, 0.2) is 10.3 Å². The van der Waals surface area contributed by atoms with Crippen molar-refractivity contribution in [1.82, 2.24) is 14.5 Å². The molecular weight excluding hydrogens is 454 g/mol. The number of carbonyl (C=O) groups excluding carboxylic acids is 1. The number of nitro groups is 1. The topological polar surface area (TPSA) is 112 Å². The lowest BCUT2D eigenvalue weighted by Gasteiger charge is -2.13. The third kappa shape index (κ3) is 4.36. The highest BCUT2D eigenvalue weighted by molar-refractivity contribution is 7.99. The summed E-state index contributed by atoms with van der Waals surface area (Å²) in [6.07, 6.45) is 1.53. The third-order valence-electron chi connectivity index (χ3n) is 4.51. The molecule has 0 saturated carbocycles. The number of para-hydroxylation sites is 2. The molecule has 0 atom stereocenters. The van der Waals surface area contributed by atoms with E-state index in [4.69, 9.17) is 16.3 Å². The van der Waals surface area contributed by atoms with Crippen molar-refractivity contribution in [1.29, 1.82) is 0 Å². The Bertz CT molecular complexity index is 1330. The van der Waals surface area contributed by atoms with E-state index in [1.54, 1.807) is 31.4 Å². The highest BCUT2D eigenvalue weighted by Gasteiger charge is 2.19. The highest BCUT2D eigenvalue weighted by atomic mass is 35.5. The van der Waals surface area contributed by atoms with Crippen molar-refractivity contribution in [3.63, 3.8) is 0 Å². The molecule has 0 radical (unpaired) electrons. The van der Waals surface area contributed by atoms with Crippen LogP contribution in [0.15, 0.2) is 66.0 Å². The van der Waals surface area contributed by atoms with Crippen molar-refractivity contribution in [3.05, 3.63) is 76.1 Å². The summed E-state index contributed by atoms with van der Waals surface area (Å²) in [7, 11) is 1.56. The smallest absolute Gasteiger partial charge is 0.271 e. The maximum Gasteiger partial charge on any atom is 0.271 e. The summed E-state index contributed by atoms with van der Waals surface area (Å²) in [6.45, 7) is 0. The number of amides is 1. The standard InChI is InChI=1S/C21H16ClN5O4S/c1-31-18-7-3-2-6-17(18)26-16-9-8-13(27(29)30)11-15(16)25-21(26)32-12-19(28)24-14-5-4-10-23-20(14)22/h2-11H,12H2,1H3,(H,24,28). The number of thioether (sulfide) groups is 1. The molecule has 0 bridgehead atoms. The molecule has 0 aliphatic rings. The van der Waals surface area contributed by atoms with Gasteiger partial charge in [0, 0.05) is 18.3 Å². The molecule has 0 aliphatic carbocycles. The molecule has 0 saturated heterocycles. The summed E-state index contributed by atoms with van der Waals surface area (Å²) >= 11 is 7.19. The van der Waals surface area contributed by atoms with Gasteiger partial charge in [-0.3, -0.25) is 19.5 Å². The van der Waals surface area contributed by atoms with Gasteiger partial charge >= 0.3 is 0 Å². The van der Waals surface area contributed by atoms with Gasteiger partial charge in [-0.25, -0.2) is 9.97 Å². The number of imidazole rings is 1. The molecule has 0 unspecified atom stereocenters. The third-order valence-corrected chi connectivity index (χ3v) is 5.75. The van der Waals surface area contributed by atoms with Gasteiger partial charge in [-0.15, -0.1) is 0 Å². The molecule has 4 aromatic rings. The number of halogens is 1. The first-order valence-electron chi connectivity index (χ1n) is 9.31. The minimum atomic E-state index is -0.473. The molecule has 0 spiro atoms. The van der Waals surface area contributed by atoms with Gasteiger partial charge in [0.05, 0.1) is 40.2 Å². The van der Waals surface area contributed by atoms with Gasteiger partial charge in [0.1, 0.15) is 5.75 Å². The Hall–Kier alpha value is -3.63. The molecule has 0 aliphatic heterocycles. The van der Waals surface area contributed by atoms with Gasteiger partial charge in [-0.1, -0.05) is 35.5 Å². The van der Waals surface area contributed by atoms with E-state index in [0.29, 0.717) is 33.3 Å². The van der Waals surface area contributed by atoms with E-state index in [0.717, 1.165) is 0 Å². The van der Waals surface area contributed by atoms with E-state index in [1.165, 1.54) is 30.1 Å². The number of fused-ring (bicyclic) bond motifs is 1. The molecule has 2 aromatic carbocycles. The van der Waals surface area contributed by atoms with Gasteiger partial charge in [-0.2, -0.15) is 0 Å². The second kappa shape index (κ2) is 9.25. The Kier molecular flexibility index (Phi) is 6.24. The van der Waals surface area contributed by atoms with Crippen LogP contribution in [-0.4, -0.2) is 38.2 Å². The van der Waals surface area contributed by atoms with Crippen molar-refractivity contribution in [2.45, 2.75) is 5.16 Å². The number of hydrogen-bond acceptors (Lipinski definition) is 7. The number of pyridine rings is 1. The number of nitro benzene ring substituents is 1. The van der Waals surface area contributed by atoms with Crippen LogP contribution in [0.2, 0.25) is 5.15 Å². The first kappa shape index (κ1) is 21.6. The number of ether oxygens (including phenoxy) is 1. The molecule has 162 valence electrons. The summed E-state index contributed by atoms with van der Waals surface area (Å²) < 4.78 is 7.30. The number of nitrogens with one attached hydrogen (secondary N) is 1. The number of methoxy groups -OCH3 is 1. The lowest BCUT2D eigenvalue weighted by molar-refractivity contribution is -0.384. The number of benzene rings is 2. The fourth-order valence-corrected chi connectivity index (χ4v) is 4.09. The number of carbonyl (C=O) groups is 1.